The Bertz CT molecular complexity index is 1180. The average Bonchev–Trinajstić information content (AvgIpc) is 3.38. The van der Waals surface area contributed by atoms with E-state index in [1.165, 1.54) is 6.26 Å². The first-order valence-corrected chi connectivity index (χ1v) is 11.1. The van der Waals surface area contributed by atoms with E-state index in [-0.39, 0.29) is 12.4 Å². The van der Waals surface area contributed by atoms with Crippen molar-refractivity contribution in [3.8, 4) is 23.0 Å². The number of anilines is 2. The van der Waals surface area contributed by atoms with Gasteiger partial charge in [-0.2, -0.15) is 0 Å². The zero-order chi connectivity index (χ0) is 24.8. The van der Waals surface area contributed by atoms with Gasteiger partial charge in [0.25, 0.3) is 0 Å². The Morgan fingerprint density at radius 1 is 0.714 bits per heavy atom. The molecule has 35 heavy (non-hydrogen) atoms. The van der Waals surface area contributed by atoms with Crippen molar-refractivity contribution < 1.29 is 23.4 Å². The van der Waals surface area contributed by atoms with E-state index in [2.05, 4.69) is 0 Å². The second kappa shape index (κ2) is 10.7. The number of hydrogen-bond donors (Lipinski definition) is 0. The lowest BCUT2D eigenvalue weighted by Gasteiger charge is -2.15. The van der Waals surface area contributed by atoms with Crippen molar-refractivity contribution in [2.75, 3.05) is 38.0 Å². The van der Waals surface area contributed by atoms with Crippen LogP contribution in [-0.4, -0.2) is 34.2 Å². The van der Waals surface area contributed by atoms with Crippen LogP contribution in [-0.2, 0) is 11.3 Å². The standard InChI is InChI=1S/C28H28N2O5/c1-29(2)21-7-11-23(12-8-21)34-25-16-20(19-33-28(31)27-6-5-15-32-27)17-26(18-25)35-24-13-9-22(10-14-24)30(3)4/h5-18H,19H2,1-4H3. The van der Waals surface area contributed by atoms with Crippen LogP contribution in [0.1, 0.15) is 16.1 Å². The predicted molar refractivity (Wildman–Crippen MR) is 136 cm³/mol. The van der Waals surface area contributed by atoms with E-state index in [0.717, 1.165) is 11.4 Å². The molecule has 0 saturated carbocycles. The molecule has 0 spiro atoms. The van der Waals surface area contributed by atoms with E-state index in [1.807, 2.05) is 98.7 Å². The molecule has 3 aromatic carbocycles. The molecule has 0 unspecified atom stereocenters. The highest BCUT2D eigenvalue weighted by molar-refractivity contribution is 5.86. The molecule has 1 heterocycles. The first-order valence-electron chi connectivity index (χ1n) is 11.1. The maximum atomic E-state index is 12.2. The van der Waals surface area contributed by atoms with Crippen LogP contribution >= 0.6 is 0 Å². The minimum atomic E-state index is -0.540. The summed E-state index contributed by atoms with van der Waals surface area (Å²) in [5.74, 6) is 2.10. The molecule has 4 rings (SSSR count). The number of nitrogens with zero attached hydrogens (tertiary/aromatic N) is 2. The Balaban J connectivity index is 1.56. The highest BCUT2D eigenvalue weighted by Gasteiger charge is 2.12. The highest BCUT2D eigenvalue weighted by Crippen LogP contribution is 2.32. The Labute approximate surface area is 205 Å². The molecule has 0 fully saturated rings. The van der Waals surface area contributed by atoms with Gasteiger partial charge in [0.1, 0.15) is 29.6 Å². The van der Waals surface area contributed by atoms with Gasteiger partial charge in [0.2, 0.25) is 5.76 Å². The lowest BCUT2D eigenvalue weighted by Crippen LogP contribution is -2.08. The van der Waals surface area contributed by atoms with Gasteiger partial charge in [-0.05, 0) is 78.4 Å². The Hall–Kier alpha value is -4.39. The van der Waals surface area contributed by atoms with E-state index in [9.17, 15) is 4.79 Å². The van der Waals surface area contributed by atoms with E-state index in [1.54, 1.807) is 18.2 Å². The van der Waals surface area contributed by atoms with Crippen molar-refractivity contribution in [3.63, 3.8) is 0 Å². The molecule has 0 atom stereocenters. The van der Waals surface area contributed by atoms with E-state index < -0.39 is 5.97 Å². The van der Waals surface area contributed by atoms with Gasteiger partial charge in [0.05, 0.1) is 6.26 Å². The summed E-state index contributed by atoms with van der Waals surface area (Å²) in [4.78, 5) is 16.3. The molecule has 0 N–H and O–H groups in total. The quantitative estimate of drug-likeness (QED) is 0.263. The van der Waals surface area contributed by atoms with Crippen LogP contribution in [0.25, 0.3) is 0 Å². The fourth-order valence-corrected chi connectivity index (χ4v) is 3.34. The summed E-state index contributed by atoms with van der Waals surface area (Å²) in [5, 5.41) is 0. The molecular weight excluding hydrogens is 444 g/mol. The topological polar surface area (TPSA) is 64.4 Å². The number of benzene rings is 3. The minimum absolute atomic E-state index is 0.0340. The van der Waals surface area contributed by atoms with Crippen LogP contribution in [0.15, 0.2) is 89.5 Å². The molecule has 180 valence electrons. The van der Waals surface area contributed by atoms with Gasteiger partial charge in [-0.15, -0.1) is 0 Å². The van der Waals surface area contributed by atoms with E-state index >= 15 is 0 Å². The molecule has 0 aliphatic heterocycles. The summed E-state index contributed by atoms with van der Waals surface area (Å²) in [6.07, 6.45) is 1.43. The third-order valence-electron chi connectivity index (χ3n) is 5.21. The predicted octanol–water partition coefficient (Wildman–Crippen LogP) is 6.35. The van der Waals surface area contributed by atoms with Crippen LogP contribution in [0.2, 0.25) is 0 Å². The zero-order valence-corrected chi connectivity index (χ0v) is 20.2. The molecule has 0 aliphatic carbocycles. The lowest BCUT2D eigenvalue weighted by molar-refractivity contribution is 0.0435. The second-order valence-electron chi connectivity index (χ2n) is 8.35. The molecule has 0 saturated heterocycles. The maximum Gasteiger partial charge on any atom is 0.374 e. The number of furan rings is 1. The molecular formula is C28H28N2O5. The van der Waals surface area contributed by atoms with Crippen molar-refractivity contribution in [1.82, 2.24) is 0 Å². The molecule has 7 heteroatoms. The Morgan fingerprint density at radius 2 is 1.23 bits per heavy atom. The summed E-state index contributed by atoms with van der Waals surface area (Å²) in [5.41, 5.74) is 2.86. The largest absolute Gasteiger partial charge is 0.457 e. The van der Waals surface area contributed by atoms with Gasteiger partial charge >= 0.3 is 5.97 Å². The number of ether oxygens (including phenoxy) is 3. The number of esters is 1. The Kier molecular flexibility index (Phi) is 7.26. The average molecular weight is 473 g/mol. The number of rotatable bonds is 9. The molecule has 7 nitrogen and oxygen atoms in total. The number of carbonyl (C=O) groups is 1. The summed E-state index contributed by atoms with van der Waals surface area (Å²) in [6, 6.07) is 24.2. The van der Waals surface area contributed by atoms with Gasteiger partial charge in [-0.1, -0.05) is 0 Å². The van der Waals surface area contributed by atoms with Crippen molar-refractivity contribution in [2.45, 2.75) is 6.61 Å². The summed E-state index contributed by atoms with van der Waals surface area (Å²) in [7, 11) is 7.94. The van der Waals surface area contributed by atoms with Gasteiger partial charge in [-0.3, -0.25) is 0 Å². The second-order valence-corrected chi connectivity index (χ2v) is 8.35. The molecule has 0 aliphatic rings. The van der Waals surface area contributed by atoms with Crippen LogP contribution in [0, 0.1) is 0 Å². The van der Waals surface area contributed by atoms with Crippen LogP contribution < -0.4 is 19.3 Å². The van der Waals surface area contributed by atoms with Crippen molar-refractivity contribution in [3.05, 3.63) is 96.4 Å². The maximum absolute atomic E-state index is 12.2. The zero-order valence-electron chi connectivity index (χ0n) is 20.2. The third kappa shape index (κ3) is 6.35. The summed E-state index contributed by atoms with van der Waals surface area (Å²) >= 11 is 0. The highest BCUT2D eigenvalue weighted by atomic mass is 16.5. The molecule has 0 amide bonds. The van der Waals surface area contributed by atoms with Crippen molar-refractivity contribution >= 4 is 17.3 Å². The van der Waals surface area contributed by atoms with Gasteiger partial charge in [-0.25, -0.2) is 4.79 Å². The van der Waals surface area contributed by atoms with E-state index in [0.29, 0.717) is 28.6 Å². The minimum Gasteiger partial charge on any atom is -0.457 e. The molecule has 1 aromatic heterocycles. The molecule has 0 bridgehead atoms. The monoisotopic (exact) mass is 472 g/mol. The number of carbonyl (C=O) groups excluding carboxylic acids is 1. The summed E-state index contributed by atoms with van der Waals surface area (Å²) < 4.78 is 22.7. The Morgan fingerprint density at radius 3 is 1.66 bits per heavy atom. The third-order valence-corrected chi connectivity index (χ3v) is 5.21. The normalized spacial score (nSPS) is 10.5. The molecule has 0 radical (unpaired) electrons. The fourth-order valence-electron chi connectivity index (χ4n) is 3.34. The van der Waals surface area contributed by atoms with Crippen LogP contribution in [0.3, 0.4) is 0 Å². The fraction of sp³-hybridized carbons (Fsp3) is 0.179. The van der Waals surface area contributed by atoms with Crippen LogP contribution in [0.5, 0.6) is 23.0 Å². The first kappa shape index (κ1) is 23.8. The van der Waals surface area contributed by atoms with Crippen molar-refractivity contribution in [1.29, 1.82) is 0 Å². The van der Waals surface area contributed by atoms with E-state index in [4.69, 9.17) is 18.6 Å². The smallest absolute Gasteiger partial charge is 0.374 e. The number of hydrogen-bond acceptors (Lipinski definition) is 7. The van der Waals surface area contributed by atoms with Gasteiger partial charge in [0.15, 0.2) is 0 Å². The van der Waals surface area contributed by atoms with Gasteiger partial charge < -0.3 is 28.4 Å². The first-order chi connectivity index (χ1) is 16.9. The van der Waals surface area contributed by atoms with Crippen LogP contribution in [0.4, 0.5) is 11.4 Å². The molecule has 4 aromatic rings. The SMILES string of the molecule is CN(C)c1ccc(Oc2cc(COC(=O)c3ccco3)cc(Oc3ccc(N(C)C)cc3)c2)cc1. The lowest BCUT2D eigenvalue weighted by atomic mass is 10.2. The van der Waals surface area contributed by atoms with Gasteiger partial charge in [0, 0.05) is 45.6 Å². The van der Waals surface area contributed by atoms with Crippen molar-refractivity contribution in [2.24, 2.45) is 0 Å². The summed E-state index contributed by atoms with van der Waals surface area (Å²) in [6.45, 7) is 0.0340.